The number of fused-ring (bicyclic) bond motifs is 3. The Morgan fingerprint density at radius 1 is 1.06 bits per heavy atom. The summed E-state index contributed by atoms with van der Waals surface area (Å²) in [5.74, 6) is 2.23. The van der Waals surface area contributed by atoms with Gasteiger partial charge in [-0.1, -0.05) is 54.5 Å². The van der Waals surface area contributed by atoms with Crippen molar-refractivity contribution in [1.29, 1.82) is 0 Å². The number of carboxylic acids is 1. The quantitative estimate of drug-likeness (QED) is 0.573. The zero-order valence-electron chi connectivity index (χ0n) is 17.8. The number of alkyl carbamates (subject to hydrolysis) is 1. The van der Waals surface area contributed by atoms with Crippen molar-refractivity contribution < 1.29 is 29.0 Å². The second-order valence-corrected chi connectivity index (χ2v) is 7.21. The van der Waals surface area contributed by atoms with Crippen LogP contribution in [0, 0.1) is 11.8 Å². The average molecular weight is 436 g/mol. The SMILES string of the molecule is CO[C@H](C)[C@H](NC(=O)OCC1c2ccccc2-c2ccccc21)C(=O)NCC#CC(=O)O. The van der Waals surface area contributed by atoms with Crippen LogP contribution in [0.15, 0.2) is 48.5 Å². The molecule has 0 aromatic heterocycles. The molecule has 0 fully saturated rings. The molecular weight excluding hydrogens is 412 g/mol. The molecule has 2 amide bonds. The largest absolute Gasteiger partial charge is 0.472 e. The summed E-state index contributed by atoms with van der Waals surface area (Å²) in [6.45, 7) is 1.56. The van der Waals surface area contributed by atoms with E-state index in [0.717, 1.165) is 22.3 Å². The number of amides is 2. The van der Waals surface area contributed by atoms with Gasteiger partial charge in [0.25, 0.3) is 0 Å². The molecule has 32 heavy (non-hydrogen) atoms. The molecule has 0 saturated heterocycles. The summed E-state index contributed by atoms with van der Waals surface area (Å²) in [7, 11) is 1.41. The molecule has 0 radical (unpaired) electrons. The number of hydrogen-bond donors (Lipinski definition) is 3. The predicted octanol–water partition coefficient (Wildman–Crippen LogP) is 2.13. The monoisotopic (exact) mass is 436 g/mol. The van der Waals surface area contributed by atoms with Crippen molar-refractivity contribution >= 4 is 18.0 Å². The number of methoxy groups -OCH3 is 1. The Balaban J connectivity index is 1.64. The fourth-order valence-corrected chi connectivity index (χ4v) is 3.66. The van der Waals surface area contributed by atoms with Crippen LogP contribution in [0.4, 0.5) is 4.79 Å². The fraction of sp³-hybridized carbons (Fsp3) is 0.292. The third-order valence-corrected chi connectivity index (χ3v) is 5.29. The number of carbonyl (C=O) groups excluding carboxylic acids is 2. The Morgan fingerprint density at radius 3 is 2.22 bits per heavy atom. The van der Waals surface area contributed by atoms with Crippen molar-refractivity contribution in [1.82, 2.24) is 10.6 Å². The summed E-state index contributed by atoms with van der Waals surface area (Å²) >= 11 is 0. The lowest BCUT2D eigenvalue weighted by atomic mass is 9.98. The molecule has 3 rings (SSSR count). The van der Waals surface area contributed by atoms with E-state index in [1.807, 2.05) is 54.5 Å². The van der Waals surface area contributed by atoms with Crippen LogP contribution in [0.2, 0.25) is 0 Å². The lowest BCUT2D eigenvalue weighted by Crippen LogP contribution is -2.53. The van der Waals surface area contributed by atoms with E-state index in [1.165, 1.54) is 7.11 Å². The van der Waals surface area contributed by atoms with Gasteiger partial charge in [-0.25, -0.2) is 9.59 Å². The second-order valence-electron chi connectivity index (χ2n) is 7.21. The first kappa shape index (κ1) is 22.8. The van der Waals surface area contributed by atoms with Gasteiger partial charge in [0.05, 0.1) is 12.6 Å². The molecule has 3 N–H and O–H groups in total. The van der Waals surface area contributed by atoms with E-state index in [1.54, 1.807) is 6.92 Å². The topological polar surface area (TPSA) is 114 Å². The molecule has 0 heterocycles. The highest BCUT2D eigenvalue weighted by Crippen LogP contribution is 2.44. The number of aliphatic carboxylic acids is 1. The minimum absolute atomic E-state index is 0.105. The van der Waals surface area contributed by atoms with Gasteiger partial charge < -0.3 is 25.2 Å². The van der Waals surface area contributed by atoms with Crippen molar-refractivity contribution in [3.05, 3.63) is 59.7 Å². The normalized spacial score (nSPS) is 13.6. The summed E-state index contributed by atoms with van der Waals surface area (Å²) in [4.78, 5) is 35.4. The summed E-state index contributed by atoms with van der Waals surface area (Å²) in [6.07, 6.45) is -1.41. The van der Waals surface area contributed by atoms with Crippen LogP contribution in [-0.2, 0) is 19.1 Å². The van der Waals surface area contributed by atoms with Crippen molar-refractivity contribution in [2.75, 3.05) is 20.3 Å². The van der Waals surface area contributed by atoms with E-state index in [9.17, 15) is 14.4 Å². The maximum absolute atomic E-state index is 12.5. The number of ether oxygens (including phenoxy) is 2. The summed E-state index contributed by atoms with van der Waals surface area (Å²) < 4.78 is 10.7. The van der Waals surface area contributed by atoms with Crippen LogP contribution >= 0.6 is 0 Å². The van der Waals surface area contributed by atoms with Gasteiger partial charge in [0.2, 0.25) is 5.91 Å². The van der Waals surface area contributed by atoms with Gasteiger partial charge in [-0.2, -0.15) is 0 Å². The van der Waals surface area contributed by atoms with Crippen molar-refractivity contribution in [3.63, 3.8) is 0 Å². The van der Waals surface area contributed by atoms with Gasteiger partial charge in [-0.3, -0.25) is 4.79 Å². The molecule has 8 nitrogen and oxygen atoms in total. The smallest absolute Gasteiger partial charge is 0.407 e. The minimum atomic E-state index is -1.29. The zero-order chi connectivity index (χ0) is 23.1. The van der Waals surface area contributed by atoms with E-state index in [-0.39, 0.29) is 19.1 Å². The molecular formula is C24H24N2O6. The molecule has 0 saturated carbocycles. The van der Waals surface area contributed by atoms with Crippen LogP contribution in [0.3, 0.4) is 0 Å². The van der Waals surface area contributed by atoms with Crippen LogP contribution in [0.5, 0.6) is 0 Å². The Kier molecular flexibility index (Phi) is 7.47. The molecule has 0 bridgehead atoms. The molecule has 0 unspecified atom stereocenters. The Bertz CT molecular complexity index is 1030. The van der Waals surface area contributed by atoms with E-state index < -0.39 is 30.1 Å². The van der Waals surface area contributed by atoms with Crippen molar-refractivity contribution in [2.24, 2.45) is 0 Å². The molecule has 166 valence electrons. The van der Waals surface area contributed by atoms with Gasteiger partial charge in [-0.05, 0) is 29.2 Å². The van der Waals surface area contributed by atoms with Gasteiger partial charge in [0, 0.05) is 18.9 Å². The first-order valence-corrected chi connectivity index (χ1v) is 10.1. The molecule has 1 aliphatic rings. The number of carbonyl (C=O) groups is 3. The number of benzene rings is 2. The van der Waals surface area contributed by atoms with Gasteiger partial charge in [0.1, 0.15) is 12.6 Å². The lowest BCUT2D eigenvalue weighted by molar-refractivity contribution is -0.130. The molecule has 0 aliphatic heterocycles. The lowest BCUT2D eigenvalue weighted by Gasteiger charge is -2.23. The number of nitrogens with one attached hydrogen (secondary N) is 2. The Morgan fingerprint density at radius 2 is 1.66 bits per heavy atom. The number of rotatable bonds is 7. The predicted molar refractivity (Wildman–Crippen MR) is 117 cm³/mol. The summed E-state index contributed by atoms with van der Waals surface area (Å²) in [6, 6.07) is 14.9. The third kappa shape index (κ3) is 5.25. The van der Waals surface area contributed by atoms with Gasteiger partial charge in [0.15, 0.2) is 0 Å². The van der Waals surface area contributed by atoms with Crippen LogP contribution in [-0.4, -0.2) is 55.5 Å². The first-order chi connectivity index (χ1) is 15.4. The molecule has 2 aromatic rings. The summed E-state index contributed by atoms with van der Waals surface area (Å²) in [5.41, 5.74) is 4.39. The van der Waals surface area contributed by atoms with E-state index in [2.05, 4.69) is 16.6 Å². The molecule has 2 atom stereocenters. The molecule has 8 heteroatoms. The van der Waals surface area contributed by atoms with E-state index in [0.29, 0.717) is 0 Å². The van der Waals surface area contributed by atoms with Gasteiger partial charge in [-0.15, -0.1) is 0 Å². The Labute approximate surface area is 185 Å². The maximum atomic E-state index is 12.5. The summed E-state index contributed by atoms with van der Waals surface area (Å²) in [5, 5.41) is 13.5. The molecule has 0 spiro atoms. The van der Waals surface area contributed by atoms with Crippen LogP contribution in [0.25, 0.3) is 11.1 Å². The first-order valence-electron chi connectivity index (χ1n) is 10.1. The molecule has 2 aromatic carbocycles. The van der Waals surface area contributed by atoms with Gasteiger partial charge >= 0.3 is 12.1 Å². The second kappa shape index (κ2) is 10.5. The standard InChI is InChI=1S/C24H24N2O6/c1-15(31-2)22(23(29)25-13-7-12-21(27)28)26-24(30)32-14-20-18-10-5-3-8-16(18)17-9-4-6-11-19(17)20/h3-6,8-11,15,20,22H,13-14H2,1-2H3,(H,25,29)(H,26,30)(H,27,28)/t15-,22+/m1/s1. The minimum Gasteiger partial charge on any atom is -0.472 e. The number of carboxylic acid groups (broad SMARTS) is 1. The number of hydrogen-bond acceptors (Lipinski definition) is 5. The van der Waals surface area contributed by atoms with Crippen molar-refractivity contribution in [2.45, 2.75) is 25.0 Å². The maximum Gasteiger partial charge on any atom is 0.407 e. The van der Waals surface area contributed by atoms with Crippen LogP contribution < -0.4 is 10.6 Å². The fourth-order valence-electron chi connectivity index (χ4n) is 3.66. The third-order valence-electron chi connectivity index (χ3n) is 5.29. The highest BCUT2D eigenvalue weighted by Gasteiger charge is 2.31. The van der Waals surface area contributed by atoms with Crippen molar-refractivity contribution in [3.8, 4) is 23.0 Å². The van der Waals surface area contributed by atoms with Crippen LogP contribution in [0.1, 0.15) is 24.0 Å². The highest BCUT2D eigenvalue weighted by atomic mass is 16.5. The highest BCUT2D eigenvalue weighted by molar-refractivity contribution is 5.88. The average Bonchev–Trinajstić information content (AvgIpc) is 3.12. The van der Waals surface area contributed by atoms with E-state index in [4.69, 9.17) is 14.6 Å². The molecule has 1 aliphatic carbocycles. The Hall–Kier alpha value is -3.83. The zero-order valence-corrected chi connectivity index (χ0v) is 17.8. The van der Waals surface area contributed by atoms with E-state index >= 15 is 0 Å².